The average molecular weight is 339 g/mol. The van der Waals surface area contributed by atoms with Crippen molar-refractivity contribution in [2.45, 2.75) is 30.0 Å². The van der Waals surface area contributed by atoms with Crippen LogP contribution in [0.25, 0.3) is 0 Å². The zero-order valence-electron chi connectivity index (χ0n) is 14.9. The lowest BCUT2D eigenvalue weighted by molar-refractivity contribution is -0.282. The first-order chi connectivity index (χ1) is 10.8. The molecule has 130 valence electrons. The second-order valence-corrected chi connectivity index (χ2v) is 7.35. The number of nitrogens with one attached hydrogen (secondary N) is 1. The number of hydrogen-bond donors (Lipinski definition) is 2. The van der Waals surface area contributed by atoms with Gasteiger partial charge in [0, 0.05) is 27.9 Å². The molecular weight excluding hydrogens is 308 g/mol. The minimum Gasteiger partial charge on any atom is -0.363 e. The molecule has 0 aliphatic carbocycles. The van der Waals surface area contributed by atoms with Crippen molar-refractivity contribution in [3.05, 3.63) is 48.6 Å². The Bertz CT molecular complexity index is 496. The Balaban J connectivity index is 3.16. The Morgan fingerprint density at radius 1 is 1.17 bits per heavy atom. The molecule has 2 atom stereocenters. The predicted octanol–water partition coefficient (Wildman–Crippen LogP) is 0.377. The molecule has 0 aliphatic rings. The fourth-order valence-corrected chi connectivity index (χ4v) is 3.54. The Morgan fingerprint density at radius 3 is 2.13 bits per heavy atom. The van der Waals surface area contributed by atoms with E-state index in [2.05, 4.69) is 24.0 Å². The van der Waals surface area contributed by atoms with E-state index in [0.717, 1.165) is 0 Å². The summed E-state index contributed by atoms with van der Waals surface area (Å²) in [7, 11) is 5.46. The Kier molecular flexibility index (Phi) is 7.13. The van der Waals surface area contributed by atoms with Crippen LogP contribution in [0.15, 0.2) is 43.0 Å². The van der Waals surface area contributed by atoms with Gasteiger partial charge >= 0.3 is 0 Å². The van der Waals surface area contributed by atoms with Gasteiger partial charge in [-0.15, -0.1) is 6.58 Å². The van der Waals surface area contributed by atoms with Crippen molar-refractivity contribution in [2.24, 2.45) is 5.73 Å². The molecule has 0 aliphatic heterocycles. The molecule has 6 heteroatoms. The van der Waals surface area contributed by atoms with Gasteiger partial charge in [0.1, 0.15) is 5.35 Å². The molecule has 0 amide bonds. The van der Waals surface area contributed by atoms with Crippen LogP contribution >= 0.6 is 0 Å². The molecule has 0 spiro atoms. The number of rotatable bonds is 10. The summed E-state index contributed by atoms with van der Waals surface area (Å²) in [6.45, 7) is 6.22. The maximum Gasteiger partial charge on any atom is 0.203 e. The quantitative estimate of drug-likeness (QED) is 0.367. The van der Waals surface area contributed by atoms with Gasteiger partial charge in [-0.3, -0.25) is 5.32 Å². The van der Waals surface area contributed by atoms with Crippen LogP contribution in [0.3, 0.4) is 0 Å². The van der Waals surface area contributed by atoms with Crippen LogP contribution in [-0.4, -0.2) is 54.8 Å². The first-order valence-corrected chi connectivity index (χ1v) is 8.66. The van der Waals surface area contributed by atoms with Gasteiger partial charge in [0.05, 0.1) is 15.8 Å². The normalized spacial score (nSPS) is 17.4. The third kappa shape index (κ3) is 4.29. The van der Waals surface area contributed by atoms with E-state index in [1.165, 1.54) is 5.56 Å². The molecule has 0 heterocycles. The second kappa shape index (κ2) is 8.19. The number of nitrogens with two attached hydrogens (primary N) is 1. The number of hydrogen-bond acceptors (Lipinski definition) is 5. The molecule has 0 saturated heterocycles. The summed E-state index contributed by atoms with van der Waals surface area (Å²) < 4.78 is 16.9. The van der Waals surface area contributed by atoms with Gasteiger partial charge in [0.25, 0.3) is 0 Å². The monoisotopic (exact) mass is 338 g/mol. The highest BCUT2D eigenvalue weighted by atomic mass is 28.1. The van der Waals surface area contributed by atoms with E-state index in [9.17, 15) is 0 Å². The fraction of sp³-hybridized carbons (Fsp3) is 0.529. The molecule has 2 unspecified atom stereocenters. The largest absolute Gasteiger partial charge is 0.363 e. The van der Waals surface area contributed by atoms with E-state index in [1.807, 2.05) is 31.2 Å². The lowest BCUT2D eigenvalue weighted by Gasteiger charge is -2.48. The highest BCUT2D eigenvalue weighted by Crippen LogP contribution is 2.28. The first-order valence-electron chi connectivity index (χ1n) is 7.66. The molecule has 1 aromatic carbocycles. The minimum absolute atomic E-state index is 0.377. The van der Waals surface area contributed by atoms with Crippen LogP contribution in [0.5, 0.6) is 0 Å². The van der Waals surface area contributed by atoms with Crippen molar-refractivity contribution in [3.8, 4) is 0 Å². The number of methoxy groups -OCH3 is 3. The summed E-state index contributed by atoms with van der Waals surface area (Å²) in [6, 6.07) is 10.2. The van der Waals surface area contributed by atoms with Crippen LogP contribution in [0.1, 0.15) is 12.5 Å². The zero-order chi connectivity index (χ0) is 17.6. The molecule has 0 saturated carbocycles. The lowest BCUT2D eigenvalue weighted by atomic mass is 9.90. The summed E-state index contributed by atoms with van der Waals surface area (Å²) in [5.41, 5.74) is 6.74. The molecule has 0 fully saturated rings. The van der Waals surface area contributed by atoms with Gasteiger partial charge in [-0.2, -0.15) is 0 Å². The summed E-state index contributed by atoms with van der Waals surface area (Å²) in [6.07, 6.45) is 2.54. The molecule has 1 aromatic rings. The lowest BCUT2D eigenvalue weighted by Crippen LogP contribution is -2.72. The maximum atomic E-state index is 6.10. The zero-order valence-corrected chi connectivity index (χ0v) is 16.9. The molecule has 0 aromatic heterocycles. The van der Waals surface area contributed by atoms with E-state index in [0.29, 0.717) is 23.2 Å². The minimum atomic E-state index is -0.936. The smallest absolute Gasteiger partial charge is 0.203 e. The van der Waals surface area contributed by atoms with Gasteiger partial charge in [-0.25, -0.2) is 0 Å². The third-order valence-electron chi connectivity index (χ3n) is 4.66. The van der Waals surface area contributed by atoms with Crippen molar-refractivity contribution in [1.29, 1.82) is 0 Å². The summed E-state index contributed by atoms with van der Waals surface area (Å²) in [5, 5.41) is 2.74. The van der Waals surface area contributed by atoms with Crippen LogP contribution in [0.4, 0.5) is 0 Å². The van der Waals surface area contributed by atoms with Crippen molar-refractivity contribution >= 4 is 10.2 Å². The van der Waals surface area contributed by atoms with Crippen molar-refractivity contribution in [1.82, 2.24) is 5.32 Å². The van der Waals surface area contributed by atoms with E-state index >= 15 is 0 Å². The SMILES string of the molecule is C=CC(CN)(Cc1ccccc1)NC([SiH3])(OC)C(C)(OC)OC. The highest BCUT2D eigenvalue weighted by molar-refractivity contribution is 6.15. The Hall–Kier alpha value is -1.02. The standard InChI is InChI=1S/C17H30N2O3Si/c1-6-16(13-18,12-14-10-8-7-9-11-14)19-17(23,22-5)15(2,20-3)21-4/h6-11,19H,1,12-13,18H2,2-5,23H3. The summed E-state index contributed by atoms with van der Waals surface area (Å²) >= 11 is 0. The number of ether oxygens (including phenoxy) is 3. The second-order valence-electron chi connectivity index (χ2n) is 5.94. The maximum absolute atomic E-state index is 6.10. The highest BCUT2D eigenvalue weighted by Gasteiger charge is 2.49. The molecule has 23 heavy (non-hydrogen) atoms. The van der Waals surface area contributed by atoms with E-state index in [4.69, 9.17) is 19.9 Å². The topological polar surface area (TPSA) is 65.7 Å². The first kappa shape index (κ1) is 20.0. The van der Waals surface area contributed by atoms with Crippen LogP contribution < -0.4 is 11.1 Å². The predicted molar refractivity (Wildman–Crippen MR) is 97.4 cm³/mol. The summed E-state index contributed by atoms with van der Waals surface area (Å²) in [4.78, 5) is 0. The van der Waals surface area contributed by atoms with Crippen LogP contribution in [0, 0.1) is 0 Å². The van der Waals surface area contributed by atoms with Crippen molar-refractivity contribution < 1.29 is 14.2 Å². The van der Waals surface area contributed by atoms with Gasteiger partial charge < -0.3 is 19.9 Å². The molecule has 3 N–H and O–H groups in total. The van der Waals surface area contributed by atoms with E-state index < -0.39 is 16.7 Å². The van der Waals surface area contributed by atoms with E-state index in [1.54, 1.807) is 21.3 Å². The third-order valence-corrected chi connectivity index (χ3v) is 6.23. The molecule has 0 bridgehead atoms. The van der Waals surface area contributed by atoms with Crippen LogP contribution in [0.2, 0.25) is 0 Å². The summed E-state index contributed by atoms with van der Waals surface area (Å²) in [5.74, 6) is -0.936. The Labute approximate surface area is 142 Å². The van der Waals surface area contributed by atoms with Crippen molar-refractivity contribution in [3.63, 3.8) is 0 Å². The van der Waals surface area contributed by atoms with Crippen LogP contribution in [-0.2, 0) is 20.6 Å². The Morgan fingerprint density at radius 2 is 1.74 bits per heavy atom. The molecule has 1 rings (SSSR count). The van der Waals surface area contributed by atoms with Gasteiger partial charge in [0.2, 0.25) is 5.79 Å². The van der Waals surface area contributed by atoms with Gasteiger partial charge in [0.15, 0.2) is 0 Å². The van der Waals surface area contributed by atoms with Gasteiger partial charge in [-0.05, 0) is 18.9 Å². The van der Waals surface area contributed by atoms with Crippen molar-refractivity contribution in [2.75, 3.05) is 27.9 Å². The molecular formula is C17H30N2O3Si. The fourth-order valence-electron chi connectivity index (χ4n) is 2.63. The number of benzene rings is 1. The molecule has 5 nitrogen and oxygen atoms in total. The van der Waals surface area contributed by atoms with E-state index in [-0.39, 0.29) is 0 Å². The van der Waals surface area contributed by atoms with Gasteiger partial charge in [-0.1, -0.05) is 36.4 Å². The molecule has 0 radical (unpaired) electrons. The average Bonchev–Trinajstić information content (AvgIpc) is 2.60.